The first-order valence-corrected chi connectivity index (χ1v) is 5.94. The average molecular weight is 263 g/mol. The number of carbonyl (C=O) groups excluding carboxylic acids is 1. The van der Waals surface area contributed by atoms with Crippen molar-refractivity contribution in [1.29, 1.82) is 0 Å². The fourth-order valence-corrected chi connectivity index (χ4v) is 1.68. The molecule has 19 heavy (non-hydrogen) atoms. The van der Waals surface area contributed by atoms with Crippen LogP contribution in [-0.4, -0.2) is 27.7 Å². The maximum atomic E-state index is 12.8. The van der Waals surface area contributed by atoms with Gasteiger partial charge in [-0.2, -0.15) is 0 Å². The molecule has 0 aliphatic rings. The third-order valence-electron chi connectivity index (χ3n) is 2.85. The van der Waals surface area contributed by atoms with E-state index in [2.05, 4.69) is 14.9 Å². The molecule has 1 heterocycles. The summed E-state index contributed by atoms with van der Waals surface area (Å²) in [6.45, 7) is 4.47. The van der Waals surface area contributed by atoms with Gasteiger partial charge in [0, 0.05) is 12.1 Å². The lowest BCUT2D eigenvalue weighted by Gasteiger charge is -2.19. The second-order valence-corrected chi connectivity index (χ2v) is 4.12. The molecule has 0 N–H and O–H groups in total. The first-order chi connectivity index (χ1) is 9.11. The van der Waals surface area contributed by atoms with Crippen LogP contribution in [0.1, 0.15) is 28.7 Å². The molecule has 0 atom stereocenters. The fourth-order valence-electron chi connectivity index (χ4n) is 1.68. The van der Waals surface area contributed by atoms with E-state index in [9.17, 15) is 9.18 Å². The molecular weight excluding hydrogens is 249 g/mol. The first kappa shape index (κ1) is 13.2. The van der Waals surface area contributed by atoms with Gasteiger partial charge in [0.2, 0.25) is 0 Å². The minimum atomic E-state index is -0.365. The van der Waals surface area contributed by atoms with Crippen LogP contribution >= 0.6 is 0 Å². The van der Waals surface area contributed by atoms with E-state index < -0.39 is 0 Å². The number of hydrogen-bond acceptors (Lipinski definition) is 4. The van der Waals surface area contributed by atoms with Crippen LogP contribution in [0.3, 0.4) is 0 Å². The van der Waals surface area contributed by atoms with Gasteiger partial charge in [0.1, 0.15) is 17.2 Å². The van der Waals surface area contributed by atoms with E-state index in [0.29, 0.717) is 30.0 Å². The molecule has 6 heteroatoms. The molecule has 0 unspecified atom stereocenters. The lowest BCUT2D eigenvalue weighted by atomic mass is 10.2. The highest BCUT2D eigenvalue weighted by atomic mass is 19.1. The smallest absolute Gasteiger partial charge is 0.254 e. The van der Waals surface area contributed by atoms with Crippen molar-refractivity contribution < 1.29 is 13.8 Å². The van der Waals surface area contributed by atoms with E-state index in [1.165, 1.54) is 24.3 Å². The van der Waals surface area contributed by atoms with Crippen LogP contribution in [-0.2, 0) is 6.54 Å². The number of aryl methyl sites for hydroxylation is 1. The van der Waals surface area contributed by atoms with Crippen molar-refractivity contribution in [1.82, 2.24) is 15.2 Å². The molecule has 1 amide bonds. The SMILES string of the molecule is CCN(Cc1nonc1C)C(=O)c1ccc(F)cc1. The minimum absolute atomic E-state index is 0.176. The van der Waals surface area contributed by atoms with Crippen molar-refractivity contribution in [2.45, 2.75) is 20.4 Å². The Morgan fingerprint density at radius 2 is 2.00 bits per heavy atom. The fraction of sp³-hybridized carbons (Fsp3) is 0.308. The summed E-state index contributed by atoms with van der Waals surface area (Å²) >= 11 is 0. The highest BCUT2D eigenvalue weighted by Gasteiger charge is 2.17. The van der Waals surface area contributed by atoms with E-state index >= 15 is 0 Å². The zero-order chi connectivity index (χ0) is 13.8. The van der Waals surface area contributed by atoms with Gasteiger partial charge in [0.15, 0.2) is 0 Å². The molecule has 100 valence electrons. The van der Waals surface area contributed by atoms with Crippen LogP contribution in [0.4, 0.5) is 4.39 Å². The van der Waals surface area contributed by atoms with Crippen LogP contribution in [0.15, 0.2) is 28.9 Å². The number of aromatic nitrogens is 2. The normalized spacial score (nSPS) is 10.5. The maximum absolute atomic E-state index is 12.8. The number of hydrogen-bond donors (Lipinski definition) is 0. The monoisotopic (exact) mass is 263 g/mol. The van der Waals surface area contributed by atoms with Crippen molar-refractivity contribution >= 4 is 5.91 Å². The standard InChI is InChI=1S/C13H14FN3O2/c1-3-17(8-12-9(2)15-19-16-12)13(18)10-4-6-11(14)7-5-10/h4-7H,3,8H2,1-2H3. The summed E-state index contributed by atoms with van der Waals surface area (Å²) < 4.78 is 17.4. The van der Waals surface area contributed by atoms with Crippen LogP contribution in [0, 0.1) is 12.7 Å². The largest absolute Gasteiger partial charge is 0.333 e. The third-order valence-corrected chi connectivity index (χ3v) is 2.85. The molecule has 2 rings (SSSR count). The quantitative estimate of drug-likeness (QED) is 0.848. The lowest BCUT2D eigenvalue weighted by Crippen LogP contribution is -2.30. The molecule has 0 aliphatic heterocycles. The summed E-state index contributed by atoms with van der Waals surface area (Å²) in [6.07, 6.45) is 0. The van der Waals surface area contributed by atoms with Crippen molar-refractivity contribution in [3.8, 4) is 0 Å². The van der Waals surface area contributed by atoms with E-state index in [1.54, 1.807) is 11.8 Å². The summed E-state index contributed by atoms with van der Waals surface area (Å²) in [5, 5.41) is 7.43. The third kappa shape index (κ3) is 2.96. The van der Waals surface area contributed by atoms with E-state index in [4.69, 9.17) is 0 Å². The van der Waals surface area contributed by atoms with E-state index in [-0.39, 0.29) is 11.7 Å². The molecular formula is C13H14FN3O2. The second-order valence-electron chi connectivity index (χ2n) is 4.12. The zero-order valence-corrected chi connectivity index (χ0v) is 10.8. The number of rotatable bonds is 4. The summed E-state index contributed by atoms with van der Waals surface area (Å²) in [6, 6.07) is 5.47. The summed E-state index contributed by atoms with van der Waals surface area (Å²) in [5.41, 5.74) is 1.72. The van der Waals surface area contributed by atoms with Crippen LogP contribution in [0.2, 0.25) is 0 Å². The Morgan fingerprint density at radius 1 is 1.32 bits per heavy atom. The van der Waals surface area contributed by atoms with Gasteiger partial charge in [-0.25, -0.2) is 9.02 Å². The molecule has 2 aromatic rings. The van der Waals surface area contributed by atoms with Crippen LogP contribution in [0.5, 0.6) is 0 Å². The lowest BCUT2D eigenvalue weighted by molar-refractivity contribution is 0.0748. The molecule has 5 nitrogen and oxygen atoms in total. The Balaban J connectivity index is 2.15. The Hall–Kier alpha value is -2.24. The van der Waals surface area contributed by atoms with Gasteiger partial charge < -0.3 is 4.90 Å². The summed E-state index contributed by atoms with van der Waals surface area (Å²) in [4.78, 5) is 13.8. The van der Waals surface area contributed by atoms with Gasteiger partial charge in [-0.3, -0.25) is 4.79 Å². The first-order valence-electron chi connectivity index (χ1n) is 5.94. The van der Waals surface area contributed by atoms with Crippen molar-refractivity contribution in [2.24, 2.45) is 0 Å². The highest BCUT2D eigenvalue weighted by Crippen LogP contribution is 2.11. The van der Waals surface area contributed by atoms with Gasteiger partial charge in [-0.05, 0) is 38.1 Å². The predicted octanol–water partition coefficient (Wildman–Crippen LogP) is 2.18. The van der Waals surface area contributed by atoms with E-state index in [0.717, 1.165) is 0 Å². The summed E-state index contributed by atoms with van der Waals surface area (Å²) in [5.74, 6) is -0.541. The molecule has 0 saturated carbocycles. The highest BCUT2D eigenvalue weighted by molar-refractivity contribution is 5.94. The zero-order valence-electron chi connectivity index (χ0n) is 10.8. The van der Waals surface area contributed by atoms with Crippen LogP contribution < -0.4 is 0 Å². The maximum Gasteiger partial charge on any atom is 0.254 e. The number of halogens is 1. The van der Waals surface area contributed by atoms with Crippen molar-refractivity contribution in [3.05, 3.63) is 47.0 Å². The van der Waals surface area contributed by atoms with Gasteiger partial charge in [-0.1, -0.05) is 10.3 Å². The average Bonchev–Trinajstić information content (AvgIpc) is 2.81. The molecule has 0 aliphatic carbocycles. The molecule has 0 radical (unpaired) electrons. The molecule has 0 spiro atoms. The molecule has 1 aromatic heterocycles. The topological polar surface area (TPSA) is 59.2 Å². The molecule has 0 bridgehead atoms. The Morgan fingerprint density at radius 3 is 2.53 bits per heavy atom. The van der Waals surface area contributed by atoms with Gasteiger partial charge in [0.05, 0.1) is 6.54 Å². The molecule has 0 fully saturated rings. The number of benzene rings is 1. The van der Waals surface area contributed by atoms with E-state index in [1.807, 2.05) is 6.92 Å². The Labute approximate surface area is 110 Å². The van der Waals surface area contributed by atoms with Crippen LogP contribution in [0.25, 0.3) is 0 Å². The summed E-state index contributed by atoms with van der Waals surface area (Å²) in [7, 11) is 0. The van der Waals surface area contributed by atoms with Gasteiger partial charge in [0.25, 0.3) is 5.91 Å². The van der Waals surface area contributed by atoms with Crippen molar-refractivity contribution in [3.63, 3.8) is 0 Å². The molecule has 1 aromatic carbocycles. The number of nitrogens with zero attached hydrogens (tertiary/aromatic N) is 3. The Bertz CT molecular complexity index is 566. The predicted molar refractivity (Wildman–Crippen MR) is 65.8 cm³/mol. The minimum Gasteiger partial charge on any atom is -0.333 e. The second kappa shape index (κ2) is 5.60. The Kier molecular flexibility index (Phi) is 3.89. The van der Waals surface area contributed by atoms with Gasteiger partial charge in [-0.15, -0.1) is 0 Å². The molecule has 0 saturated heterocycles. The number of carbonyl (C=O) groups is 1. The number of amides is 1. The van der Waals surface area contributed by atoms with Gasteiger partial charge >= 0.3 is 0 Å². The van der Waals surface area contributed by atoms with Crippen molar-refractivity contribution in [2.75, 3.05) is 6.54 Å².